The van der Waals surface area contributed by atoms with Gasteiger partial charge in [0, 0.05) is 23.5 Å². The van der Waals surface area contributed by atoms with E-state index in [1.807, 2.05) is 6.07 Å². The van der Waals surface area contributed by atoms with Crippen LogP contribution in [0, 0.1) is 17.3 Å². The number of esters is 2. The Morgan fingerprint density at radius 1 is 1.21 bits per heavy atom. The van der Waals surface area contributed by atoms with E-state index >= 15 is 0 Å². The van der Waals surface area contributed by atoms with Crippen LogP contribution in [0.3, 0.4) is 0 Å². The molecule has 1 spiro atoms. The van der Waals surface area contributed by atoms with Crippen molar-refractivity contribution in [2.75, 3.05) is 0 Å². The second kappa shape index (κ2) is 4.74. The molecule has 1 saturated carbocycles. The highest BCUT2D eigenvalue weighted by molar-refractivity contribution is 5.93. The lowest BCUT2D eigenvalue weighted by Gasteiger charge is -2.47. The van der Waals surface area contributed by atoms with Crippen molar-refractivity contribution >= 4 is 11.9 Å². The molecule has 2 unspecified atom stereocenters. The molecule has 1 aromatic heterocycles. The van der Waals surface area contributed by atoms with Gasteiger partial charge in [-0.15, -0.1) is 0 Å². The van der Waals surface area contributed by atoms with Gasteiger partial charge in [-0.2, -0.15) is 0 Å². The van der Waals surface area contributed by atoms with Gasteiger partial charge in [-0.1, -0.05) is 6.92 Å². The highest BCUT2D eigenvalue weighted by Gasteiger charge is 2.64. The third-order valence-electron chi connectivity index (χ3n) is 6.62. The molecule has 1 aromatic rings. The van der Waals surface area contributed by atoms with E-state index in [4.69, 9.17) is 13.9 Å². The van der Waals surface area contributed by atoms with Crippen molar-refractivity contribution in [1.29, 1.82) is 0 Å². The molecule has 1 saturated heterocycles. The van der Waals surface area contributed by atoms with E-state index in [1.54, 1.807) is 12.5 Å². The number of rotatable bonds is 1. The molecule has 5 rings (SSSR count). The number of fused-ring (bicyclic) bond motifs is 1. The quantitative estimate of drug-likeness (QED) is 0.740. The minimum absolute atomic E-state index is 0.0749. The lowest BCUT2D eigenvalue weighted by molar-refractivity contribution is -0.156. The summed E-state index contributed by atoms with van der Waals surface area (Å²) in [6.07, 6.45) is 6.92. The topological polar surface area (TPSA) is 65.7 Å². The zero-order chi connectivity index (χ0) is 16.5. The van der Waals surface area contributed by atoms with Crippen LogP contribution in [0.2, 0.25) is 0 Å². The van der Waals surface area contributed by atoms with Crippen LogP contribution >= 0.6 is 0 Å². The standard InChI is InChI=1S/C19H20O5/c1-10-7-14-16-12(17(20)23-14)3-2-4-13(16)19(10)8-15(24-18(19)21)11-5-6-22-9-11/h5-6,9-10,13-15H,2-4,7-8H2,1H3/t10-,13?,14+,15?,19-/m1/s1. The summed E-state index contributed by atoms with van der Waals surface area (Å²) in [6, 6.07) is 1.86. The summed E-state index contributed by atoms with van der Waals surface area (Å²) in [6.45, 7) is 2.11. The van der Waals surface area contributed by atoms with Crippen LogP contribution in [-0.4, -0.2) is 18.0 Å². The van der Waals surface area contributed by atoms with Gasteiger partial charge in [-0.3, -0.25) is 4.79 Å². The number of furan rings is 1. The SMILES string of the molecule is C[C@@H]1C[C@@H]2OC(=O)C3=C2C(CCC3)[C@@]12CC(c1ccoc1)OC2=O. The third kappa shape index (κ3) is 1.65. The largest absolute Gasteiger partial charge is 0.472 e. The van der Waals surface area contributed by atoms with Gasteiger partial charge in [-0.25, -0.2) is 4.79 Å². The summed E-state index contributed by atoms with van der Waals surface area (Å²) < 4.78 is 16.6. The first-order valence-corrected chi connectivity index (χ1v) is 8.78. The number of carbonyl (C=O) groups excluding carboxylic acids is 2. The Labute approximate surface area is 140 Å². The maximum Gasteiger partial charge on any atom is 0.334 e. The molecular formula is C19H20O5. The molecule has 2 aliphatic carbocycles. The molecular weight excluding hydrogens is 308 g/mol. The molecule has 3 heterocycles. The van der Waals surface area contributed by atoms with Gasteiger partial charge >= 0.3 is 11.9 Å². The number of carbonyl (C=O) groups is 2. The van der Waals surface area contributed by atoms with Gasteiger partial charge in [0.2, 0.25) is 0 Å². The Morgan fingerprint density at radius 3 is 2.88 bits per heavy atom. The number of hydrogen-bond acceptors (Lipinski definition) is 5. The third-order valence-corrected chi connectivity index (χ3v) is 6.62. The Morgan fingerprint density at radius 2 is 2.08 bits per heavy atom. The molecule has 0 radical (unpaired) electrons. The Hall–Kier alpha value is -2.04. The smallest absolute Gasteiger partial charge is 0.334 e. The van der Waals surface area contributed by atoms with Crippen molar-refractivity contribution in [1.82, 2.24) is 0 Å². The summed E-state index contributed by atoms with van der Waals surface area (Å²) in [4.78, 5) is 25.2. The maximum atomic E-state index is 13.0. The molecule has 0 N–H and O–H groups in total. The van der Waals surface area contributed by atoms with E-state index < -0.39 is 5.41 Å². The van der Waals surface area contributed by atoms with Crippen LogP contribution in [0.5, 0.6) is 0 Å². The Balaban J connectivity index is 1.59. The first kappa shape index (κ1) is 14.3. The molecule has 5 atom stereocenters. The van der Waals surface area contributed by atoms with Gasteiger partial charge in [0.25, 0.3) is 0 Å². The monoisotopic (exact) mass is 328 g/mol. The van der Waals surface area contributed by atoms with Gasteiger partial charge in [-0.05, 0) is 43.2 Å². The van der Waals surface area contributed by atoms with E-state index in [0.717, 1.165) is 36.0 Å². The van der Waals surface area contributed by atoms with E-state index in [-0.39, 0.29) is 36.0 Å². The van der Waals surface area contributed by atoms with Crippen molar-refractivity contribution in [3.05, 3.63) is 35.3 Å². The molecule has 0 bridgehead atoms. The van der Waals surface area contributed by atoms with Crippen LogP contribution in [0.1, 0.15) is 50.7 Å². The second-order valence-corrected chi connectivity index (χ2v) is 7.60. The van der Waals surface area contributed by atoms with E-state index in [2.05, 4.69) is 6.92 Å². The fraction of sp³-hybridized carbons (Fsp3) is 0.579. The van der Waals surface area contributed by atoms with Crippen molar-refractivity contribution in [3.63, 3.8) is 0 Å². The normalized spacial score (nSPS) is 40.7. The molecule has 0 amide bonds. The fourth-order valence-corrected chi connectivity index (χ4v) is 5.48. The highest BCUT2D eigenvalue weighted by Crippen LogP contribution is 2.62. The molecule has 2 fully saturated rings. The van der Waals surface area contributed by atoms with Gasteiger partial charge in [0.15, 0.2) is 0 Å². The lowest BCUT2D eigenvalue weighted by atomic mass is 9.54. The van der Waals surface area contributed by atoms with Gasteiger partial charge < -0.3 is 13.9 Å². The maximum absolute atomic E-state index is 13.0. The fourth-order valence-electron chi connectivity index (χ4n) is 5.48. The van der Waals surface area contributed by atoms with Crippen molar-refractivity contribution < 1.29 is 23.5 Å². The minimum Gasteiger partial charge on any atom is -0.472 e. The summed E-state index contributed by atoms with van der Waals surface area (Å²) in [5.74, 6) is -0.0730. The number of cyclic esters (lactones) is 1. The second-order valence-electron chi connectivity index (χ2n) is 7.60. The highest BCUT2D eigenvalue weighted by atomic mass is 16.6. The first-order chi connectivity index (χ1) is 11.6. The van der Waals surface area contributed by atoms with Crippen LogP contribution in [0.4, 0.5) is 0 Å². The predicted molar refractivity (Wildman–Crippen MR) is 82.6 cm³/mol. The van der Waals surface area contributed by atoms with Gasteiger partial charge in [0.05, 0.1) is 17.9 Å². The van der Waals surface area contributed by atoms with Crippen molar-refractivity contribution in [3.8, 4) is 0 Å². The average molecular weight is 328 g/mol. The Kier molecular flexibility index (Phi) is 2.83. The van der Waals surface area contributed by atoms with E-state index in [1.165, 1.54) is 0 Å². The lowest BCUT2D eigenvalue weighted by Crippen LogP contribution is -2.49. The number of hydrogen-bond donors (Lipinski definition) is 0. The van der Waals surface area contributed by atoms with Crippen molar-refractivity contribution in [2.45, 2.75) is 51.2 Å². The van der Waals surface area contributed by atoms with Crippen LogP contribution in [-0.2, 0) is 19.1 Å². The summed E-state index contributed by atoms with van der Waals surface area (Å²) >= 11 is 0. The summed E-state index contributed by atoms with van der Waals surface area (Å²) in [5, 5.41) is 0. The van der Waals surface area contributed by atoms with Crippen LogP contribution < -0.4 is 0 Å². The van der Waals surface area contributed by atoms with E-state index in [9.17, 15) is 9.59 Å². The zero-order valence-corrected chi connectivity index (χ0v) is 13.6. The van der Waals surface area contributed by atoms with E-state index in [0.29, 0.717) is 12.8 Å². The predicted octanol–water partition coefficient (Wildman–Crippen LogP) is 3.32. The Bertz CT molecular complexity index is 746. The van der Waals surface area contributed by atoms with Crippen LogP contribution in [0.15, 0.2) is 34.2 Å². The molecule has 4 aliphatic rings. The summed E-state index contributed by atoms with van der Waals surface area (Å²) in [5.41, 5.74) is 2.32. The molecule has 0 aromatic carbocycles. The number of ether oxygens (including phenoxy) is 2. The summed E-state index contributed by atoms with van der Waals surface area (Å²) in [7, 11) is 0. The first-order valence-electron chi connectivity index (χ1n) is 8.78. The molecule has 126 valence electrons. The van der Waals surface area contributed by atoms with Crippen LogP contribution in [0.25, 0.3) is 0 Å². The van der Waals surface area contributed by atoms with Gasteiger partial charge in [0.1, 0.15) is 12.2 Å². The molecule has 24 heavy (non-hydrogen) atoms. The molecule has 2 aliphatic heterocycles. The molecule has 5 heteroatoms. The average Bonchev–Trinajstić information content (AvgIpc) is 3.26. The molecule has 5 nitrogen and oxygen atoms in total. The zero-order valence-electron chi connectivity index (χ0n) is 13.6. The van der Waals surface area contributed by atoms with Crippen molar-refractivity contribution in [2.24, 2.45) is 17.3 Å². The minimum atomic E-state index is -0.534.